The first-order valence-electron chi connectivity index (χ1n) is 8.16. The molecule has 0 aromatic carbocycles. The van der Waals surface area contributed by atoms with E-state index in [-0.39, 0.29) is 5.56 Å². The van der Waals surface area contributed by atoms with Crippen molar-refractivity contribution in [2.75, 3.05) is 6.54 Å². The summed E-state index contributed by atoms with van der Waals surface area (Å²) in [7, 11) is 0. The first-order chi connectivity index (χ1) is 10.5. The summed E-state index contributed by atoms with van der Waals surface area (Å²) in [5.41, 5.74) is -0.461. The molecule has 1 N–H and O–H groups in total. The van der Waals surface area contributed by atoms with E-state index in [0.29, 0.717) is 24.7 Å². The fourth-order valence-electron chi connectivity index (χ4n) is 2.49. The van der Waals surface area contributed by atoms with Crippen LogP contribution in [-0.4, -0.2) is 21.7 Å². The minimum absolute atomic E-state index is 0.318. The Bertz CT molecular complexity index is 641. The van der Waals surface area contributed by atoms with Crippen LogP contribution in [0.5, 0.6) is 0 Å². The van der Waals surface area contributed by atoms with Gasteiger partial charge in [0.2, 0.25) is 0 Å². The van der Waals surface area contributed by atoms with Crippen LogP contribution in [0.15, 0.2) is 15.7 Å². The molecule has 6 heteroatoms. The van der Waals surface area contributed by atoms with Gasteiger partial charge in [0, 0.05) is 24.8 Å². The van der Waals surface area contributed by atoms with E-state index < -0.39 is 11.7 Å². The molecule has 1 aromatic heterocycles. The number of nitrogens with one attached hydrogen (secondary N) is 1. The lowest BCUT2D eigenvalue weighted by Gasteiger charge is -2.12. The van der Waals surface area contributed by atoms with Gasteiger partial charge in [-0.1, -0.05) is 26.2 Å². The van der Waals surface area contributed by atoms with Crippen molar-refractivity contribution in [1.29, 1.82) is 0 Å². The van der Waals surface area contributed by atoms with Crippen LogP contribution in [-0.2, 0) is 6.54 Å². The molecule has 0 atom stereocenters. The van der Waals surface area contributed by atoms with Crippen molar-refractivity contribution in [1.82, 2.24) is 14.5 Å². The summed E-state index contributed by atoms with van der Waals surface area (Å²) in [6.45, 7) is 4.71. The van der Waals surface area contributed by atoms with Crippen molar-refractivity contribution in [3.05, 3.63) is 32.6 Å². The van der Waals surface area contributed by atoms with Crippen molar-refractivity contribution in [2.45, 2.75) is 58.9 Å². The van der Waals surface area contributed by atoms with Crippen LogP contribution in [0.2, 0.25) is 0 Å². The smallest absolute Gasteiger partial charge is 0.337 e. The van der Waals surface area contributed by atoms with E-state index in [1.54, 1.807) is 6.92 Å². The van der Waals surface area contributed by atoms with Gasteiger partial charge in [-0.15, -0.1) is 0 Å². The van der Waals surface area contributed by atoms with Crippen molar-refractivity contribution < 1.29 is 4.79 Å². The van der Waals surface area contributed by atoms with Gasteiger partial charge in [-0.05, 0) is 32.1 Å². The third kappa shape index (κ3) is 4.08. The van der Waals surface area contributed by atoms with Crippen molar-refractivity contribution in [3.63, 3.8) is 0 Å². The minimum Gasteiger partial charge on any atom is -0.337 e. The van der Waals surface area contributed by atoms with Gasteiger partial charge in [0.05, 0.1) is 0 Å². The fraction of sp³-hybridized carbons (Fsp3) is 0.688. The second-order valence-corrected chi connectivity index (χ2v) is 6.09. The molecule has 22 heavy (non-hydrogen) atoms. The van der Waals surface area contributed by atoms with Gasteiger partial charge in [-0.3, -0.25) is 9.36 Å². The first-order valence-corrected chi connectivity index (χ1v) is 8.16. The van der Waals surface area contributed by atoms with Gasteiger partial charge in [0.15, 0.2) is 0 Å². The molecular formula is C16H25N3O3. The van der Waals surface area contributed by atoms with Crippen LogP contribution in [0.3, 0.4) is 0 Å². The molecular weight excluding hydrogens is 282 g/mol. The number of hydrogen-bond acceptors (Lipinski definition) is 3. The zero-order valence-electron chi connectivity index (χ0n) is 13.4. The van der Waals surface area contributed by atoms with Gasteiger partial charge in [0.25, 0.3) is 5.56 Å². The average molecular weight is 307 g/mol. The summed E-state index contributed by atoms with van der Waals surface area (Å²) < 4.78 is 2.25. The summed E-state index contributed by atoms with van der Waals surface area (Å²) in [5, 5.41) is 2.76. The first kappa shape index (κ1) is 16.5. The molecule has 6 nitrogen and oxygen atoms in total. The topological polar surface area (TPSA) is 73.1 Å². The maximum absolute atomic E-state index is 12.4. The van der Waals surface area contributed by atoms with E-state index in [1.807, 2.05) is 0 Å². The standard InChI is InChI=1S/C16H25N3O3/c1-3-4-5-6-9-17-15(21)19-12(2)10-14(20)18(16(19)22)11-13-7-8-13/h10,13H,3-9,11H2,1-2H3,(H,17,21). The van der Waals surface area contributed by atoms with E-state index >= 15 is 0 Å². The van der Waals surface area contributed by atoms with Crippen molar-refractivity contribution >= 4 is 6.03 Å². The SMILES string of the molecule is CCCCCCNC(=O)n1c(C)cc(=O)n(CC2CC2)c1=O. The Morgan fingerprint density at radius 1 is 1.27 bits per heavy atom. The normalized spacial score (nSPS) is 14.1. The van der Waals surface area contributed by atoms with Crippen LogP contribution >= 0.6 is 0 Å². The minimum atomic E-state index is -0.525. The molecule has 1 fully saturated rings. The molecule has 1 saturated carbocycles. The molecule has 2 rings (SSSR count). The number of unbranched alkanes of at least 4 members (excludes halogenated alkanes) is 3. The molecule has 0 saturated heterocycles. The quantitative estimate of drug-likeness (QED) is 0.782. The third-order valence-electron chi connectivity index (χ3n) is 4.02. The Hall–Kier alpha value is -1.85. The molecule has 0 unspecified atom stereocenters. The Morgan fingerprint density at radius 3 is 2.64 bits per heavy atom. The zero-order valence-corrected chi connectivity index (χ0v) is 13.4. The van der Waals surface area contributed by atoms with E-state index in [2.05, 4.69) is 12.2 Å². The maximum atomic E-state index is 12.4. The van der Waals surface area contributed by atoms with Crippen LogP contribution in [0.1, 0.15) is 51.1 Å². The number of aromatic nitrogens is 2. The number of amides is 1. The van der Waals surface area contributed by atoms with E-state index in [9.17, 15) is 14.4 Å². The molecule has 122 valence electrons. The third-order valence-corrected chi connectivity index (χ3v) is 4.02. The molecule has 0 aliphatic heterocycles. The van der Waals surface area contributed by atoms with E-state index in [0.717, 1.165) is 43.1 Å². The molecule has 0 radical (unpaired) electrons. The Morgan fingerprint density at radius 2 is 2.00 bits per heavy atom. The number of rotatable bonds is 7. The highest BCUT2D eigenvalue weighted by Crippen LogP contribution is 2.29. The van der Waals surface area contributed by atoms with Gasteiger partial charge in [0.1, 0.15) is 0 Å². The van der Waals surface area contributed by atoms with E-state index in [4.69, 9.17) is 0 Å². The number of carbonyl (C=O) groups is 1. The molecule has 0 bridgehead atoms. The molecule has 1 heterocycles. The Balaban J connectivity index is 2.10. The molecule has 1 aliphatic carbocycles. The second kappa shape index (κ2) is 7.42. The number of carbonyl (C=O) groups excluding carboxylic acids is 1. The van der Waals surface area contributed by atoms with Crippen molar-refractivity contribution in [3.8, 4) is 0 Å². The van der Waals surface area contributed by atoms with E-state index in [1.165, 1.54) is 10.6 Å². The monoisotopic (exact) mass is 307 g/mol. The molecule has 1 amide bonds. The largest absolute Gasteiger partial charge is 0.339 e. The lowest BCUT2D eigenvalue weighted by molar-refractivity contribution is 0.239. The average Bonchev–Trinajstić information content (AvgIpc) is 3.27. The zero-order chi connectivity index (χ0) is 16.1. The number of aryl methyl sites for hydroxylation is 1. The summed E-state index contributed by atoms with van der Waals surface area (Å²) in [5.74, 6) is 0.402. The van der Waals surface area contributed by atoms with Gasteiger partial charge >= 0.3 is 11.7 Å². The Labute approximate surface area is 130 Å². The van der Waals surface area contributed by atoms with Crippen LogP contribution in [0.4, 0.5) is 4.79 Å². The fourth-order valence-corrected chi connectivity index (χ4v) is 2.49. The van der Waals surface area contributed by atoms with Gasteiger partial charge in [-0.2, -0.15) is 0 Å². The lowest BCUT2D eigenvalue weighted by Crippen LogP contribution is -2.46. The summed E-state index contributed by atoms with van der Waals surface area (Å²) in [6.07, 6.45) is 6.33. The maximum Gasteiger partial charge on any atom is 0.339 e. The molecule has 1 aromatic rings. The van der Waals surface area contributed by atoms with Crippen LogP contribution in [0, 0.1) is 12.8 Å². The predicted molar refractivity (Wildman–Crippen MR) is 85.4 cm³/mol. The highest BCUT2D eigenvalue weighted by Gasteiger charge is 2.24. The highest BCUT2D eigenvalue weighted by molar-refractivity contribution is 5.77. The summed E-state index contributed by atoms with van der Waals surface area (Å²) in [6, 6.07) is 0.920. The van der Waals surface area contributed by atoms with Crippen LogP contribution < -0.4 is 16.6 Å². The summed E-state index contributed by atoms with van der Waals surface area (Å²) in [4.78, 5) is 36.6. The Kier molecular flexibility index (Phi) is 5.57. The highest BCUT2D eigenvalue weighted by atomic mass is 16.2. The van der Waals surface area contributed by atoms with Gasteiger partial charge < -0.3 is 5.32 Å². The number of hydrogen-bond donors (Lipinski definition) is 1. The second-order valence-electron chi connectivity index (χ2n) is 6.09. The van der Waals surface area contributed by atoms with Crippen molar-refractivity contribution in [2.24, 2.45) is 5.92 Å². The number of nitrogens with zero attached hydrogens (tertiary/aromatic N) is 2. The molecule has 1 aliphatic rings. The van der Waals surface area contributed by atoms with Crippen LogP contribution in [0.25, 0.3) is 0 Å². The summed E-state index contributed by atoms with van der Waals surface area (Å²) >= 11 is 0. The van der Waals surface area contributed by atoms with Gasteiger partial charge in [-0.25, -0.2) is 14.2 Å². The lowest BCUT2D eigenvalue weighted by atomic mass is 10.2. The molecule has 0 spiro atoms. The predicted octanol–water partition coefficient (Wildman–Crippen LogP) is 1.87.